The molecule has 1 aromatic heterocycles. The normalized spacial score (nSPS) is 15.5. The lowest BCUT2D eigenvalue weighted by atomic mass is 9.99. The minimum atomic E-state index is -4.26. The van der Waals surface area contributed by atoms with E-state index in [1.807, 2.05) is 43.5 Å². The van der Waals surface area contributed by atoms with Gasteiger partial charge < -0.3 is 19.3 Å². The van der Waals surface area contributed by atoms with E-state index in [1.165, 1.54) is 16.4 Å². The highest BCUT2D eigenvalue weighted by atomic mass is 32.2. The number of anilines is 2. The van der Waals surface area contributed by atoms with E-state index in [4.69, 9.17) is 9.47 Å². The summed E-state index contributed by atoms with van der Waals surface area (Å²) in [5.41, 5.74) is 3.28. The highest BCUT2D eigenvalue weighted by Gasteiger charge is 2.33. The summed E-state index contributed by atoms with van der Waals surface area (Å²) in [5, 5.41) is 0. The number of methoxy groups -OCH3 is 2. The Morgan fingerprint density at radius 2 is 1.49 bits per heavy atom. The van der Waals surface area contributed by atoms with Crippen LogP contribution in [0.3, 0.4) is 0 Å². The molecule has 0 bridgehead atoms. The molecule has 0 spiro atoms. The maximum atomic E-state index is 15.5. The van der Waals surface area contributed by atoms with E-state index in [2.05, 4.69) is 34.7 Å². The zero-order chi connectivity index (χ0) is 32.1. The quantitative estimate of drug-likeness (QED) is 0.193. The largest absolute Gasteiger partial charge is 0.497 e. The van der Waals surface area contributed by atoms with Crippen LogP contribution >= 0.6 is 0 Å². The summed E-state index contributed by atoms with van der Waals surface area (Å²) < 4.78 is 55.9. The molecule has 0 unspecified atom stereocenters. The maximum Gasteiger partial charge on any atom is 0.246 e. The van der Waals surface area contributed by atoms with Gasteiger partial charge in [-0.3, -0.25) is 0 Å². The van der Waals surface area contributed by atoms with Crippen molar-refractivity contribution in [2.75, 3.05) is 43.7 Å². The molecule has 3 aromatic carbocycles. The Labute approximate surface area is 266 Å². The van der Waals surface area contributed by atoms with Crippen molar-refractivity contribution in [3.05, 3.63) is 108 Å². The van der Waals surface area contributed by atoms with Gasteiger partial charge in [-0.25, -0.2) is 17.8 Å². The van der Waals surface area contributed by atoms with Crippen LogP contribution in [-0.2, 0) is 23.1 Å². The average molecular weight is 633 g/mol. The van der Waals surface area contributed by atoms with Gasteiger partial charge in [-0.15, -0.1) is 0 Å². The van der Waals surface area contributed by atoms with Gasteiger partial charge in [-0.2, -0.15) is 4.31 Å². The van der Waals surface area contributed by atoms with E-state index in [0.29, 0.717) is 42.7 Å². The number of aromatic nitrogens is 1. The van der Waals surface area contributed by atoms with Gasteiger partial charge >= 0.3 is 0 Å². The highest BCUT2D eigenvalue weighted by molar-refractivity contribution is 7.89. The van der Waals surface area contributed by atoms with E-state index in [-0.39, 0.29) is 24.0 Å². The van der Waals surface area contributed by atoms with Crippen LogP contribution in [0.1, 0.15) is 30.5 Å². The van der Waals surface area contributed by atoms with E-state index in [0.717, 1.165) is 22.5 Å². The lowest BCUT2D eigenvalue weighted by Gasteiger charge is -2.45. The van der Waals surface area contributed by atoms with E-state index in [9.17, 15) is 8.42 Å². The summed E-state index contributed by atoms with van der Waals surface area (Å²) in [6.45, 7) is 8.48. The van der Waals surface area contributed by atoms with Crippen LogP contribution in [0.15, 0.2) is 90.0 Å². The second kappa shape index (κ2) is 13.9. The van der Waals surface area contributed by atoms with Crippen LogP contribution in [0.5, 0.6) is 11.5 Å². The molecule has 0 saturated carbocycles. The molecule has 1 saturated heterocycles. The third kappa shape index (κ3) is 7.40. The summed E-state index contributed by atoms with van der Waals surface area (Å²) in [4.78, 5) is 8.77. The van der Waals surface area contributed by atoms with Crippen LogP contribution in [-0.4, -0.2) is 57.6 Å². The van der Waals surface area contributed by atoms with Crippen LogP contribution in [0.2, 0.25) is 0 Å². The predicted octanol–water partition coefficient (Wildman–Crippen LogP) is 6.29. The van der Waals surface area contributed by atoms with Crippen molar-refractivity contribution in [3.8, 4) is 11.5 Å². The molecule has 10 heteroatoms. The van der Waals surface area contributed by atoms with Crippen LogP contribution in [0.4, 0.5) is 15.9 Å². The zero-order valence-electron chi connectivity index (χ0n) is 26.5. The Kier molecular flexibility index (Phi) is 9.94. The van der Waals surface area contributed by atoms with Crippen molar-refractivity contribution in [1.82, 2.24) is 9.29 Å². The van der Waals surface area contributed by atoms with Gasteiger partial charge in [-0.1, -0.05) is 44.2 Å². The van der Waals surface area contributed by atoms with Crippen LogP contribution in [0.25, 0.3) is 0 Å². The summed E-state index contributed by atoms with van der Waals surface area (Å²) in [7, 11) is -1.11. The Morgan fingerprint density at radius 3 is 2.00 bits per heavy atom. The summed E-state index contributed by atoms with van der Waals surface area (Å²) in [6, 6.07) is 23.1. The molecule has 1 aliphatic rings. The van der Waals surface area contributed by atoms with Crippen molar-refractivity contribution >= 4 is 21.5 Å². The Balaban J connectivity index is 1.45. The molecule has 0 radical (unpaired) electrons. The minimum absolute atomic E-state index is 0.0552. The second-order valence-corrected chi connectivity index (χ2v) is 13.6. The number of nitrogens with zero attached hydrogens (tertiary/aromatic N) is 4. The molecule has 8 nitrogen and oxygen atoms in total. The van der Waals surface area contributed by atoms with Crippen LogP contribution in [0, 0.1) is 18.7 Å². The molecule has 2 heterocycles. The molecule has 1 fully saturated rings. The Bertz CT molecular complexity index is 1630. The van der Waals surface area contributed by atoms with Crippen LogP contribution < -0.4 is 19.3 Å². The third-order valence-corrected chi connectivity index (χ3v) is 10.1. The highest BCUT2D eigenvalue weighted by Crippen LogP contribution is 2.31. The minimum Gasteiger partial charge on any atom is -0.497 e. The summed E-state index contributed by atoms with van der Waals surface area (Å²) >= 11 is 0. The lowest BCUT2D eigenvalue weighted by Crippen LogP contribution is -2.56. The number of pyridine rings is 1. The number of aryl methyl sites for hydroxylation is 1. The number of hydrogen-bond donors (Lipinski definition) is 0. The monoisotopic (exact) mass is 632 g/mol. The van der Waals surface area contributed by atoms with Gasteiger partial charge in [0.1, 0.15) is 28.0 Å². The molecule has 5 rings (SSSR count). The third-order valence-electron chi connectivity index (χ3n) is 8.31. The molecular formula is C35H41FN4O4S. The van der Waals surface area contributed by atoms with Crippen molar-refractivity contribution in [2.45, 2.75) is 44.8 Å². The molecule has 0 amide bonds. The maximum absolute atomic E-state index is 15.5. The first kappa shape index (κ1) is 32.2. The van der Waals surface area contributed by atoms with Gasteiger partial charge in [0, 0.05) is 44.6 Å². The molecule has 238 valence electrons. The molecule has 0 aliphatic carbocycles. The number of rotatable bonds is 11. The molecule has 1 aliphatic heterocycles. The Hall–Kier alpha value is -4.15. The van der Waals surface area contributed by atoms with Gasteiger partial charge in [0.2, 0.25) is 10.0 Å². The number of sulfonamides is 1. The van der Waals surface area contributed by atoms with Crippen molar-refractivity contribution < 1.29 is 22.3 Å². The number of ether oxygens (including phenoxy) is 2. The molecule has 45 heavy (non-hydrogen) atoms. The van der Waals surface area contributed by atoms with Crippen molar-refractivity contribution in [3.63, 3.8) is 0 Å². The fraction of sp³-hybridized carbons (Fsp3) is 0.343. The zero-order valence-corrected chi connectivity index (χ0v) is 27.3. The van der Waals surface area contributed by atoms with E-state index < -0.39 is 15.8 Å². The SMILES string of the molecule is COc1ccc(CN(Cc2ccc(OC)cc2)S(=O)(=O)c2cc(N3CCN(c4ccc(C)cn4)[C@H](C(C)C)C3)ccc2F)cc1. The molecular weight excluding hydrogens is 591 g/mol. The second-order valence-electron chi connectivity index (χ2n) is 11.7. The standard InChI is InChI=1S/C35H41FN4O4S/c1-25(2)33-24-38(18-19-40(33)35-17-6-26(3)21-37-35)29-11-16-32(36)34(20-29)45(41,42)39(22-27-7-12-30(43-4)13-8-27)23-28-9-14-31(44-5)15-10-28/h6-17,20-21,25,33H,18-19,22-24H2,1-5H3/t33-/m0/s1. The molecule has 0 N–H and O–H groups in total. The number of benzene rings is 3. The Morgan fingerprint density at radius 1 is 0.889 bits per heavy atom. The van der Waals surface area contributed by atoms with Gasteiger partial charge in [-0.05, 0) is 78.1 Å². The number of halogens is 1. The van der Waals surface area contributed by atoms with E-state index in [1.54, 1.807) is 44.6 Å². The number of hydrogen-bond acceptors (Lipinski definition) is 7. The summed E-state index contributed by atoms with van der Waals surface area (Å²) in [6.07, 6.45) is 1.87. The predicted molar refractivity (Wildman–Crippen MR) is 176 cm³/mol. The first-order valence-electron chi connectivity index (χ1n) is 15.1. The fourth-order valence-electron chi connectivity index (χ4n) is 5.65. The molecule has 1 atom stereocenters. The van der Waals surface area contributed by atoms with Gasteiger partial charge in [0.25, 0.3) is 0 Å². The smallest absolute Gasteiger partial charge is 0.246 e. The number of piperazine rings is 1. The average Bonchev–Trinajstić information content (AvgIpc) is 3.05. The first-order valence-corrected chi connectivity index (χ1v) is 16.5. The van der Waals surface area contributed by atoms with Crippen molar-refractivity contribution in [1.29, 1.82) is 0 Å². The lowest BCUT2D eigenvalue weighted by molar-refractivity contribution is 0.394. The van der Waals surface area contributed by atoms with Gasteiger partial charge in [0.15, 0.2) is 0 Å². The molecule has 4 aromatic rings. The van der Waals surface area contributed by atoms with Gasteiger partial charge in [0.05, 0.1) is 20.3 Å². The van der Waals surface area contributed by atoms with E-state index >= 15 is 4.39 Å². The fourth-order valence-corrected chi connectivity index (χ4v) is 7.15. The first-order chi connectivity index (χ1) is 21.6. The topological polar surface area (TPSA) is 75.2 Å². The van der Waals surface area contributed by atoms with Crippen molar-refractivity contribution in [2.24, 2.45) is 5.92 Å². The summed E-state index contributed by atoms with van der Waals surface area (Å²) in [5.74, 6) is 1.79.